The molecule has 2 aliphatic rings. The lowest BCUT2D eigenvalue weighted by atomic mass is 9.68. The van der Waals surface area contributed by atoms with Crippen molar-refractivity contribution in [3.05, 3.63) is 0 Å². The van der Waals surface area contributed by atoms with Gasteiger partial charge >= 0.3 is 0 Å². The number of unbranched alkanes of at least 4 members (excludes halogenated alkanes) is 3. The van der Waals surface area contributed by atoms with Crippen LogP contribution in [-0.2, 0) is 9.47 Å². The zero-order valence-corrected chi connectivity index (χ0v) is 15.2. The zero-order valence-electron chi connectivity index (χ0n) is 15.2. The normalized spacial score (nSPS) is 34.9. The van der Waals surface area contributed by atoms with Gasteiger partial charge in [0.05, 0.1) is 24.7 Å². The molecular formula is C20H35NO2. The van der Waals surface area contributed by atoms with Gasteiger partial charge in [-0.2, -0.15) is 5.26 Å². The predicted molar refractivity (Wildman–Crippen MR) is 92.9 cm³/mol. The summed E-state index contributed by atoms with van der Waals surface area (Å²) in [5, 5.41) is 9.59. The Labute approximate surface area is 142 Å². The van der Waals surface area contributed by atoms with Crippen molar-refractivity contribution in [1.29, 1.82) is 5.26 Å². The minimum Gasteiger partial charge on any atom is -0.352 e. The molecule has 0 spiro atoms. The summed E-state index contributed by atoms with van der Waals surface area (Å²) in [6.07, 6.45) is 12.8. The Morgan fingerprint density at radius 3 is 2.22 bits per heavy atom. The quantitative estimate of drug-likeness (QED) is 0.558. The molecule has 0 bridgehead atoms. The van der Waals surface area contributed by atoms with Crippen LogP contribution < -0.4 is 0 Å². The minimum atomic E-state index is -0.0656. The number of rotatable bonds is 8. The Hall–Kier alpha value is -0.590. The van der Waals surface area contributed by atoms with E-state index in [0.29, 0.717) is 11.8 Å². The first-order chi connectivity index (χ1) is 11.2. The fourth-order valence-corrected chi connectivity index (χ4v) is 4.08. The fourth-order valence-electron chi connectivity index (χ4n) is 4.08. The molecule has 0 aromatic heterocycles. The van der Waals surface area contributed by atoms with Gasteiger partial charge in [-0.3, -0.25) is 0 Å². The second kappa shape index (κ2) is 9.64. The molecule has 0 aromatic carbocycles. The largest absolute Gasteiger partial charge is 0.352 e. The van der Waals surface area contributed by atoms with Gasteiger partial charge in [0.25, 0.3) is 0 Å². The molecule has 0 N–H and O–H groups in total. The summed E-state index contributed by atoms with van der Waals surface area (Å²) in [6, 6.07) is 2.63. The molecule has 0 amide bonds. The van der Waals surface area contributed by atoms with Gasteiger partial charge in [-0.1, -0.05) is 46.0 Å². The molecule has 1 aliphatic heterocycles. The van der Waals surface area contributed by atoms with Crippen molar-refractivity contribution >= 4 is 0 Å². The van der Waals surface area contributed by atoms with Crippen molar-refractivity contribution in [3.8, 4) is 6.07 Å². The Balaban J connectivity index is 1.71. The first-order valence-electron chi connectivity index (χ1n) is 9.87. The zero-order chi connectivity index (χ0) is 16.5. The monoisotopic (exact) mass is 321 g/mol. The van der Waals surface area contributed by atoms with Crippen LogP contribution in [0.2, 0.25) is 0 Å². The number of nitriles is 1. The van der Waals surface area contributed by atoms with E-state index in [9.17, 15) is 5.26 Å². The Kier molecular flexibility index (Phi) is 7.86. The highest BCUT2D eigenvalue weighted by Crippen LogP contribution is 2.44. The van der Waals surface area contributed by atoms with Crippen molar-refractivity contribution in [1.82, 2.24) is 0 Å². The molecule has 1 heterocycles. The maximum atomic E-state index is 9.59. The minimum absolute atomic E-state index is 0.0136. The third-order valence-electron chi connectivity index (χ3n) is 5.83. The van der Waals surface area contributed by atoms with Crippen LogP contribution in [0.1, 0.15) is 84.5 Å². The van der Waals surface area contributed by atoms with E-state index < -0.39 is 0 Å². The highest BCUT2D eigenvalue weighted by Gasteiger charge is 2.39. The van der Waals surface area contributed by atoms with Crippen LogP contribution in [0.15, 0.2) is 0 Å². The Morgan fingerprint density at radius 1 is 1.00 bits per heavy atom. The third-order valence-corrected chi connectivity index (χ3v) is 5.83. The van der Waals surface area contributed by atoms with Gasteiger partial charge in [-0.05, 0) is 38.5 Å². The summed E-state index contributed by atoms with van der Waals surface area (Å²) in [4.78, 5) is 0. The van der Waals surface area contributed by atoms with Crippen LogP contribution in [0.3, 0.4) is 0 Å². The number of ether oxygens (including phenoxy) is 2. The van der Waals surface area contributed by atoms with Crippen LogP contribution in [0.4, 0.5) is 0 Å². The number of hydrogen-bond donors (Lipinski definition) is 0. The molecule has 1 aliphatic carbocycles. The smallest absolute Gasteiger partial charge is 0.160 e. The van der Waals surface area contributed by atoms with Gasteiger partial charge in [0.1, 0.15) is 0 Å². The van der Waals surface area contributed by atoms with Gasteiger partial charge in [-0.15, -0.1) is 0 Å². The molecule has 23 heavy (non-hydrogen) atoms. The highest BCUT2D eigenvalue weighted by atomic mass is 16.7. The van der Waals surface area contributed by atoms with E-state index in [1.54, 1.807) is 0 Å². The fraction of sp³-hybridized carbons (Fsp3) is 0.950. The van der Waals surface area contributed by atoms with Crippen molar-refractivity contribution < 1.29 is 9.47 Å². The van der Waals surface area contributed by atoms with Crippen molar-refractivity contribution in [2.24, 2.45) is 17.3 Å². The van der Waals surface area contributed by atoms with Crippen molar-refractivity contribution in [3.63, 3.8) is 0 Å². The van der Waals surface area contributed by atoms with E-state index in [1.165, 1.54) is 38.5 Å². The lowest BCUT2D eigenvalue weighted by molar-refractivity contribution is -0.231. The summed E-state index contributed by atoms with van der Waals surface area (Å²) in [5.41, 5.74) is -0.0656. The molecular weight excluding hydrogens is 286 g/mol. The molecule has 3 heteroatoms. The van der Waals surface area contributed by atoms with E-state index >= 15 is 0 Å². The maximum Gasteiger partial charge on any atom is 0.160 e. The van der Waals surface area contributed by atoms with Crippen LogP contribution in [0.25, 0.3) is 0 Å². The molecule has 132 valence electrons. The lowest BCUT2D eigenvalue weighted by Gasteiger charge is -2.40. The summed E-state index contributed by atoms with van der Waals surface area (Å²) in [7, 11) is 0. The summed E-state index contributed by atoms with van der Waals surface area (Å²) in [5.74, 6) is 1.08. The lowest BCUT2D eigenvalue weighted by Crippen LogP contribution is -2.40. The van der Waals surface area contributed by atoms with Crippen LogP contribution in [0.5, 0.6) is 0 Å². The molecule has 3 nitrogen and oxygen atoms in total. The van der Waals surface area contributed by atoms with Gasteiger partial charge in [0.15, 0.2) is 6.29 Å². The van der Waals surface area contributed by atoms with Crippen LogP contribution in [0, 0.1) is 28.6 Å². The third kappa shape index (κ3) is 5.47. The van der Waals surface area contributed by atoms with Crippen molar-refractivity contribution in [2.45, 2.75) is 90.8 Å². The second-order valence-corrected chi connectivity index (χ2v) is 7.73. The van der Waals surface area contributed by atoms with Gasteiger partial charge in [0.2, 0.25) is 0 Å². The predicted octanol–water partition coefficient (Wildman–Crippen LogP) is 5.45. The van der Waals surface area contributed by atoms with Gasteiger partial charge < -0.3 is 9.47 Å². The first kappa shape index (κ1) is 18.7. The van der Waals surface area contributed by atoms with Crippen LogP contribution in [-0.4, -0.2) is 19.5 Å². The number of nitrogens with zero attached hydrogens (tertiary/aromatic N) is 1. The van der Waals surface area contributed by atoms with Gasteiger partial charge in [-0.25, -0.2) is 0 Å². The average molecular weight is 322 g/mol. The molecule has 0 aromatic rings. The average Bonchev–Trinajstić information content (AvgIpc) is 2.61. The maximum absolute atomic E-state index is 9.59. The van der Waals surface area contributed by atoms with Crippen molar-refractivity contribution in [2.75, 3.05) is 13.2 Å². The molecule has 1 saturated heterocycles. The molecule has 0 atom stereocenters. The molecule has 2 rings (SSSR count). The Morgan fingerprint density at radius 2 is 1.65 bits per heavy atom. The number of hydrogen-bond acceptors (Lipinski definition) is 3. The molecule has 0 radical (unpaired) electrons. The van der Waals surface area contributed by atoms with E-state index in [-0.39, 0.29) is 11.7 Å². The Bertz CT molecular complexity index is 360. The summed E-state index contributed by atoms with van der Waals surface area (Å²) in [6.45, 7) is 6.18. The van der Waals surface area contributed by atoms with E-state index in [0.717, 1.165) is 45.3 Å². The van der Waals surface area contributed by atoms with E-state index in [4.69, 9.17) is 9.47 Å². The van der Waals surface area contributed by atoms with Gasteiger partial charge in [0, 0.05) is 11.8 Å². The van der Waals surface area contributed by atoms with E-state index in [1.807, 2.05) is 0 Å². The summed E-state index contributed by atoms with van der Waals surface area (Å²) >= 11 is 0. The molecule has 0 unspecified atom stereocenters. The standard InChI is InChI=1S/C20H35NO2/c1-3-5-7-8-17-14-22-19(23-15-17)18-9-12-20(16-21,13-10-18)11-6-4-2/h17-19H,3-15H2,1-2H3. The highest BCUT2D eigenvalue weighted by molar-refractivity contribution is 5.01. The molecule has 1 saturated carbocycles. The van der Waals surface area contributed by atoms with Crippen LogP contribution >= 0.6 is 0 Å². The first-order valence-corrected chi connectivity index (χ1v) is 9.87. The summed E-state index contributed by atoms with van der Waals surface area (Å²) < 4.78 is 12.1. The SMILES string of the molecule is CCCCCC1COC(C2CCC(C#N)(CCCC)CC2)OC1. The second-order valence-electron chi connectivity index (χ2n) is 7.73. The van der Waals surface area contributed by atoms with E-state index in [2.05, 4.69) is 19.9 Å². The molecule has 2 fully saturated rings. The topological polar surface area (TPSA) is 42.2 Å².